The predicted octanol–water partition coefficient (Wildman–Crippen LogP) is 9.81. The number of carbonyl (C=O) groups excluding carboxylic acids is 2. The number of nitrogens with zero attached hydrogens (tertiary/aromatic N) is 14. The number of alkyl halides is 1. The van der Waals surface area contributed by atoms with E-state index in [-0.39, 0.29) is 52.5 Å². The molecule has 3 aliphatic heterocycles. The van der Waals surface area contributed by atoms with Crippen LogP contribution < -0.4 is 59.4 Å². The van der Waals surface area contributed by atoms with Crippen LogP contribution in [0, 0.1) is 20.8 Å². The van der Waals surface area contributed by atoms with Gasteiger partial charge in [0.1, 0.15) is 39.1 Å². The fraction of sp³-hybridized carbons (Fsp3) is 0.241. The average Bonchev–Trinajstić information content (AvgIpc) is 0.787. The molecule has 23 nitrogen and oxygen atoms in total. The number of aromatic nitrogens is 9. The molecule has 0 atom stereocenters. The molecule has 0 aliphatic carbocycles. The van der Waals surface area contributed by atoms with Crippen molar-refractivity contribution < 1.29 is 74.9 Å². The summed E-state index contributed by atoms with van der Waals surface area (Å²) in [6, 6.07) is 57.8. The van der Waals surface area contributed by atoms with Crippen molar-refractivity contribution in [3.63, 3.8) is 0 Å². The van der Waals surface area contributed by atoms with Crippen molar-refractivity contribution in [2.24, 2.45) is 0 Å². The Hall–Kier alpha value is -10.5. The van der Waals surface area contributed by atoms with Crippen molar-refractivity contribution in [2.75, 3.05) is 132 Å². The Balaban J connectivity index is 0.000000181. The fourth-order valence-corrected chi connectivity index (χ4v) is 12.2. The van der Waals surface area contributed by atoms with E-state index < -0.39 is 13.1 Å². The third-order valence-electron chi connectivity index (χ3n) is 17.1. The maximum atomic E-state index is 12.0. The third kappa shape index (κ3) is 20.7. The first-order valence-electron chi connectivity index (χ1n) is 34.1. The van der Waals surface area contributed by atoms with Crippen LogP contribution in [0.4, 0.5) is 33.5 Å². The van der Waals surface area contributed by atoms with E-state index in [9.17, 15) is 23.9 Å². The van der Waals surface area contributed by atoms with Gasteiger partial charge in [0.05, 0.1) is 72.5 Å². The standard InChI is InChI=1S/C26H25N5O2.C25H23N5O2.C16H11BrN2O2.C10H15N3.CH3F.CH4O.Na.H2O/c1-18-8-11-23(27-17-18)30-12-14-31(15-13-30)25-24(19-6-4-3-5-7-19)28-21-10-9-20(26(32)33-2)16-22(21)29-25;1-17-7-10-22(26-16-17)29-11-13-30(14-12-29)24-23(18-5-3-2-4-6-18)27-20-9-8-19(25(31)32)15-21(20)28-24;1-21-16(20)11-7-8-12-13(9-11)19-15(17)14(18-12)10-5-3-2-4-6-10;1-9-2-3-10(12-8-9)13-6-4-11-5-7-13;2*1-2;;/h3-11,16-17H,12-15H2,1-2H3;2-10,15-16H,11-14H2,1H3,(H,31,32);2-9H,1H3;2-3,8,11H,4-7H2,1H3;1H3;2H,1H3;;1H2/q;;;;;;+1;/p-1/i;;;;1D;;;. The third-order valence-corrected chi connectivity index (χ3v) is 17.6. The number of piperazine rings is 3. The van der Waals surface area contributed by atoms with Crippen molar-refractivity contribution in [1.29, 1.82) is 0 Å². The smallest absolute Gasteiger partial charge is 0.870 e. The van der Waals surface area contributed by atoms with Crippen LogP contribution in [0.5, 0.6) is 0 Å². The van der Waals surface area contributed by atoms with E-state index in [0.717, 1.165) is 171 Å². The molecule has 0 spiro atoms. The number of carboxylic acid groups (broad SMARTS) is 1. The molecule has 3 saturated heterocycles. The molecule has 0 bridgehead atoms. The molecule has 26 heteroatoms. The number of ether oxygens (including phenoxy) is 2. The Labute approximate surface area is 641 Å². The van der Waals surface area contributed by atoms with E-state index >= 15 is 0 Å². The van der Waals surface area contributed by atoms with Gasteiger partial charge in [-0.3, -0.25) is 4.39 Å². The van der Waals surface area contributed by atoms with Gasteiger partial charge in [-0.2, -0.15) is 0 Å². The van der Waals surface area contributed by atoms with Crippen LogP contribution in [-0.4, -0.2) is 185 Å². The fourth-order valence-electron chi connectivity index (χ4n) is 11.7. The van der Waals surface area contributed by atoms with Gasteiger partial charge < -0.3 is 55.0 Å². The Morgan fingerprint density at radius 1 is 0.438 bits per heavy atom. The molecule has 4 N–H and O–H groups in total. The molecule has 9 heterocycles. The maximum Gasteiger partial charge on any atom is 1.00 e. The minimum absolute atomic E-state index is 0. The zero-order valence-electron chi connectivity index (χ0n) is 60.6. The van der Waals surface area contributed by atoms with Crippen molar-refractivity contribution in [3.8, 4) is 33.8 Å². The van der Waals surface area contributed by atoms with Crippen LogP contribution in [0.25, 0.3) is 66.9 Å². The van der Waals surface area contributed by atoms with Gasteiger partial charge in [-0.15, -0.1) is 0 Å². The Kier molecular flexibility index (Phi) is 29.5. The van der Waals surface area contributed by atoms with Crippen LogP contribution in [0.15, 0.2) is 205 Å². The number of aryl methyl sites for hydroxylation is 3. The summed E-state index contributed by atoms with van der Waals surface area (Å²) in [4.78, 5) is 88.7. The number of benzene rings is 6. The number of esters is 2. The zero-order chi connectivity index (χ0) is 73.5. The molecule has 3 aliphatic rings. The summed E-state index contributed by atoms with van der Waals surface area (Å²) < 4.78 is 25.7. The Bertz CT molecular complexity index is 4830. The summed E-state index contributed by atoms with van der Waals surface area (Å²) in [7, 11) is 2.73. The molecule has 12 aromatic rings. The number of hydrogen-bond acceptors (Lipinski definition) is 22. The van der Waals surface area contributed by atoms with Gasteiger partial charge in [0.2, 0.25) is 0 Å². The molecule has 6 aromatic heterocycles. The second kappa shape index (κ2) is 39.4. The van der Waals surface area contributed by atoms with Crippen molar-refractivity contribution in [2.45, 2.75) is 20.8 Å². The number of fused-ring (bicyclic) bond motifs is 3. The van der Waals surface area contributed by atoms with Crippen molar-refractivity contribution in [3.05, 3.63) is 239 Å². The number of aliphatic hydroxyl groups is 1. The van der Waals surface area contributed by atoms with Crippen LogP contribution in [0.1, 0.15) is 49.1 Å². The number of methoxy groups -OCH3 is 2. The van der Waals surface area contributed by atoms with Gasteiger partial charge in [0.25, 0.3) is 0 Å². The molecule has 536 valence electrons. The van der Waals surface area contributed by atoms with Crippen LogP contribution in [0.2, 0.25) is 0 Å². The monoisotopic (exact) mass is 1490 g/mol. The number of aliphatic hydroxyl groups excluding tert-OH is 1. The van der Waals surface area contributed by atoms with E-state index in [1.54, 1.807) is 48.5 Å². The van der Waals surface area contributed by atoms with E-state index in [1.807, 2.05) is 117 Å². The van der Waals surface area contributed by atoms with E-state index in [4.69, 9.17) is 35.9 Å². The number of carboxylic acids is 1. The first kappa shape index (κ1) is 78.6. The number of rotatable bonds is 11. The van der Waals surface area contributed by atoms with Gasteiger partial charge in [-0.1, -0.05) is 109 Å². The minimum Gasteiger partial charge on any atom is -0.870 e. The van der Waals surface area contributed by atoms with E-state index in [1.165, 1.54) is 19.8 Å². The summed E-state index contributed by atoms with van der Waals surface area (Å²) in [5.74, 6) is 2.95. The molecule has 0 unspecified atom stereocenters. The normalized spacial score (nSPS) is 13.2. The minimum atomic E-state index is -1.00. The topological polar surface area (TPSA) is 284 Å². The molecule has 3 fully saturated rings. The average molecular weight is 1490 g/mol. The summed E-state index contributed by atoms with van der Waals surface area (Å²) in [6.07, 6.45) is 5.73. The van der Waals surface area contributed by atoms with Gasteiger partial charge in [-0.05, 0) is 126 Å². The van der Waals surface area contributed by atoms with Gasteiger partial charge >= 0.3 is 47.5 Å². The second-order valence-electron chi connectivity index (χ2n) is 23.9. The largest absolute Gasteiger partial charge is 1.00 e. The van der Waals surface area contributed by atoms with Gasteiger partial charge in [-0.25, -0.2) is 59.2 Å². The molecule has 0 amide bonds. The van der Waals surface area contributed by atoms with Gasteiger partial charge in [0.15, 0.2) is 11.6 Å². The Morgan fingerprint density at radius 3 is 1.10 bits per heavy atom. The maximum absolute atomic E-state index is 12.0. The summed E-state index contributed by atoms with van der Waals surface area (Å²) in [5.41, 5.74) is 14.1. The number of halogens is 2. The van der Waals surface area contributed by atoms with Crippen LogP contribution >= 0.6 is 15.9 Å². The van der Waals surface area contributed by atoms with Crippen molar-refractivity contribution in [1.82, 2.24) is 50.2 Å². The summed E-state index contributed by atoms with van der Waals surface area (Å²) >= 11 is 3.44. The van der Waals surface area contributed by atoms with E-state index in [0.29, 0.717) is 37.8 Å². The quantitative estimate of drug-likeness (QED) is 0.0802. The number of nitrogens with one attached hydrogen (secondary N) is 1. The molecule has 6 aromatic carbocycles. The number of anilines is 5. The molecular formula is C79H82BrFN15NaO8. The first-order valence-corrected chi connectivity index (χ1v) is 34.2. The predicted molar refractivity (Wildman–Crippen MR) is 410 cm³/mol. The summed E-state index contributed by atoms with van der Waals surface area (Å²) in [5, 5.41) is 19.7. The first-order chi connectivity index (χ1) is 50.7. The number of carbonyl (C=O) groups is 3. The molecular weight excluding hydrogens is 1410 g/mol. The number of hydrogen-bond donors (Lipinski definition) is 3. The number of aromatic carboxylic acids is 1. The van der Waals surface area contributed by atoms with Gasteiger partial charge in [0, 0.05) is 121 Å². The van der Waals surface area contributed by atoms with Crippen LogP contribution in [0.3, 0.4) is 0 Å². The molecule has 105 heavy (non-hydrogen) atoms. The van der Waals surface area contributed by atoms with Crippen molar-refractivity contribution >= 4 is 96.0 Å². The zero-order valence-corrected chi connectivity index (χ0v) is 63.2. The van der Waals surface area contributed by atoms with E-state index in [2.05, 4.69) is 126 Å². The Morgan fingerprint density at radius 2 is 0.752 bits per heavy atom. The summed E-state index contributed by atoms with van der Waals surface area (Å²) in [6.45, 7) is 16.9. The molecule has 0 saturated carbocycles. The SMILES string of the molecule is CO.COC(=O)c1ccc2nc(-c3ccccc3)c(Br)nc2c1.COC(=O)c1ccc2nc(-c3ccccc3)c(N3CCN(c4ccc(C)cn4)CC3)nc2c1.Cc1ccc(N2CCN(c3nc4cc(C(=O)O)ccc4nc3-c3ccccc3)CC2)nc1.Cc1ccc(N2CCNCC2)nc1.[2H]CF.[Na+].[OH-]. The second-order valence-corrected chi connectivity index (χ2v) is 24.7. The molecule has 0 radical (unpaired) electrons. The van der Waals surface area contributed by atoms with Crippen LogP contribution in [-0.2, 0) is 9.47 Å². The number of pyridine rings is 3. The molecule has 15 rings (SSSR count).